The molecular weight excluding hydrogens is 196 g/mol. The van der Waals surface area contributed by atoms with E-state index in [1.54, 1.807) is 0 Å². The van der Waals surface area contributed by atoms with Crippen molar-refractivity contribution in [3.8, 4) is 0 Å². The van der Waals surface area contributed by atoms with E-state index in [9.17, 15) is 4.79 Å². The number of hydrogen-bond donors (Lipinski definition) is 1. The summed E-state index contributed by atoms with van der Waals surface area (Å²) in [6.45, 7) is 5.77. The van der Waals surface area contributed by atoms with E-state index in [4.69, 9.17) is 5.73 Å². The molecule has 0 aliphatic rings. The van der Waals surface area contributed by atoms with Gasteiger partial charge in [-0.05, 0) is 20.3 Å². The Kier molecular flexibility index (Phi) is 3.77. The lowest BCUT2D eigenvalue weighted by Gasteiger charge is -2.05. The van der Waals surface area contributed by atoms with E-state index in [1.807, 2.05) is 20.8 Å². The molecule has 0 amide bonds. The number of nitrogens with zero attached hydrogens (tertiary/aromatic N) is 1. The van der Waals surface area contributed by atoms with Crippen molar-refractivity contribution in [1.82, 2.24) is 4.98 Å². The molecule has 0 bridgehead atoms. The lowest BCUT2D eigenvalue weighted by molar-refractivity contribution is 0.0977. The second-order valence-corrected chi connectivity index (χ2v) is 4.65. The maximum absolute atomic E-state index is 11.7. The Morgan fingerprint density at radius 3 is 2.64 bits per heavy atom. The van der Waals surface area contributed by atoms with Crippen LogP contribution in [0.15, 0.2) is 0 Å². The van der Waals surface area contributed by atoms with Gasteiger partial charge in [-0.2, -0.15) is 0 Å². The van der Waals surface area contributed by atoms with E-state index in [0.29, 0.717) is 6.42 Å². The maximum atomic E-state index is 11.7. The third-order valence-electron chi connectivity index (χ3n) is 2.13. The SMILES string of the molecule is CCC(N)CC(=O)c1sc(C)nc1C. The molecule has 0 saturated heterocycles. The lowest BCUT2D eigenvalue weighted by atomic mass is 10.1. The average molecular weight is 212 g/mol. The summed E-state index contributed by atoms with van der Waals surface area (Å²) in [4.78, 5) is 16.7. The van der Waals surface area contributed by atoms with Crippen molar-refractivity contribution in [1.29, 1.82) is 0 Å². The fraction of sp³-hybridized carbons (Fsp3) is 0.600. The van der Waals surface area contributed by atoms with Crippen LogP contribution in [0.5, 0.6) is 0 Å². The first-order valence-electron chi connectivity index (χ1n) is 4.77. The highest BCUT2D eigenvalue weighted by Gasteiger charge is 2.15. The van der Waals surface area contributed by atoms with Crippen LogP contribution in [-0.4, -0.2) is 16.8 Å². The minimum Gasteiger partial charge on any atom is -0.327 e. The van der Waals surface area contributed by atoms with Crippen LogP contribution in [0.3, 0.4) is 0 Å². The number of aryl methyl sites for hydroxylation is 2. The van der Waals surface area contributed by atoms with Crippen LogP contribution in [0.1, 0.15) is 40.1 Å². The summed E-state index contributed by atoms with van der Waals surface area (Å²) < 4.78 is 0. The topological polar surface area (TPSA) is 56.0 Å². The molecule has 0 saturated carbocycles. The Morgan fingerprint density at radius 2 is 2.21 bits per heavy atom. The minimum absolute atomic E-state index is 0.0238. The molecule has 0 aliphatic heterocycles. The van der Waals surface area contributed by atoms with Crippen LogP contribution in [-0.2, 0) is 0 Å². The quantitative estimate of drug-likeness (QED) is 0.777. The Bertz CT molecular complexity index is 333. The number of carbonyl (C=O) groups excluding carboxylic acids is 1. The normalized spacial score (nSPS) is 12.9. The number of nitrogens with two attached hydrogens (primary N) is 1. The van der Waals surface area contributed by atoms with E-state index >= 15 is 0 Å². The van der Waals surface area contributed by atoms with Crippen molar-refractivity contribution in [2.45, 2.75) is 39.7 Å². The first kappa shape index (κ1) is 11.3. The average Bonchev–Trinajstić information content (AvgIpc) is 2.45. The number of hydrogen-bond acceptors (Lipinski definition) is 4. The van der Waals surface area contributed by atoms with Crippen molar-refractivity contribution in [2.75, 3.05) is 0 Å². The predicted molar refractivity (Wildman–Crippen MR) is 58.8 cm³/mol. The van der Waals surface area contributed by atoms with Crippen LogP contribution in [0.25, 0.3) is 0 Å². The number of thiazole rings is 1. The number of carbonyl (C=O) groups is 1. The molecule has 0 aromatic carbocycles. The molecule has 1 aromatic rings. The molecule has 78 valence electrons. The van der Waals surface area contributed by atoms with Gasteiger partial charge in [0.15, 0.2) is 5.78 Å². The zero-order valence-corrected chi connectivity index (χ0v) is 9.65. The third kappa shape index (κ3) is 2.62. The van der Waals surface area contributed by atoms with Crippen molar-refractivity contribution >= 4 is 17.1 Å². The first-order valence-corrected chi connectivity index (χ1v) is 5.59. The van der Waals surface area contributed by atoms with Crippen LogP contribution in [0.2, 0.25) is 0 Å². The second-order valence-electron chi connectivity index (χ2n) is 3.44. The molecule has 3 nitrogen and oxygen atoms in total. The Labute approximate surface area is 88.3 Å². The Balaban J connectivity index is 2.74. The molecule has 1 rings (SSSR count). The fourth-order valence-corrected chi connectivity index (χ4v) is 2.13. The molecule has 1 unspecified atom stereocenters. The van der Waals surface area contributed by atoms with Gasteiger partial charge in [-0.1, -0.05) is 6.92 Å². The molecule has 1 aromatic heterocycles. The predicted octanol–water partition coefficient (Wildman–Crippen LogP) is 2.07. The van der Waals surface area contributed by atoms with Gasteiger partial charge in [0.2, 0.25) is 0 Å². The third-order valence-corrected chi connectivity index (χ3v) is 3.24. The molecule has 2 N–H and O–H groups in total. The largest absolute Gasteiger partial charge is 0.327 e. The summed E-state index contributed by atoms with van der Waals surface area (Å²) in [5.41, 5.74) is 6.57. The van der Waals surface area contributed by atoms with Gasteiger partial charge in [0.25, 0.3) is 0 Å². The van der Waals surface area contributed by atoms with Gasteiger partial charge in [0.05, 0.1) is 15.6 Å². The number of rotatable bonds is 4. The highest BCUT2D eigenvalue weighted by atomic mass is 32.1. The Morgan fingerprint density at radius 1 is 1.57 bits per heavy atom. The number of Topliss-reactive ketones (excluding diaryl/α,β-unsaturated/α-hetero) is 1. The summed E-state index contributed by atoms with van der Waals surface area (Å²) in [5.74, 6) is 0.127. The highest BCUT2D eigenvalue weighted by molar-refractivity contribution is 7.13. The smallest absolute Gasteiger partial charge is 0.176 e. The van der Waals surface area contributed by atoms with Crippen molar-refractivity contribution in [2.24, 2.45) is 5.73 Å². The first-order chi connectivity index (χ1) is 6.54. The zero-order chi connectivity index (χ0) is 10.7. The molecule has 14 heavy (non-hydrogen) atoms. The maximum Gasteiger partial charge on any atom is 0.176 e. The van der Waals surface area contributed by atoms with Crippen LogP contribution in [0, 0.1) is 13.8 Å². The van der Waals surface area contributed by atoms with E-state index in [2.05, 4.69) is 4.98 Å². The van der Waals surface area contributed by atoms with Crippen LogP contribution < -0.4 is 5.73 Å². The molecule has 1 atom stereocenters. The monoisotopic (exact) mass is 212 g/mol. The van der Waals surface area contributed by atoms with Gasteiger partial charge in [0.1, 0.15) is 0 Å². The van der Waals surface area contributed by atoms with Gasteiger partial charge in [0, 0.05) is 12.5 Å². The second kappa shape index (κ2) is 4.66. The molecule has 4 heteroatoms. The summed E-state index contributed by atoms with van der Waals surface area (Å²) >= 11 is 1.46. The molecular formula is C10H16N2OS. The van der Waals surface area contributed by atoms with Gasteiger partial charge in [-0.15, -0.1) is 11.3 Å². The summed E-state index contributed by atoms with van der Waals surface area (Å²) in [6, 6.07) is -0.0238. The summed E-state index contributed by atoms with van der Waals surface area (Å²) in [6.07, 6.45) is 1.27. The lowest BCUT2D eigenvalue weighted by Crippen LogP contribution is -2.22. The fourth-order valence-electron chi connectivity index (χ4n) is 1.27. The van der Waals surface area contributed by atoms with Crippen molar-refractivity contribution < 1.29 is 4.79 Å². The molecule has 0 aliphatic carbocycles. The van der Waals surface area contributed by atoms with Gasteiger partial charge < -0.3 is 5.73 Å². The Hall–Kier alpha value is -0.740. The van der Waals surface area contributed by atoms with E-state index in [1.165, 1.54) is 11.3 Å². The molecule has 0 radical (unpaired) electrons. The van der Waals surface area contributed by atoms with Gasteiger partial charge in [-0.3, -0.25) is 4.79 Å². The molecule has 1 heterocycles. The highest BCUT2D eigenvalue weighted by Crippen LogP contribution is 2.19. The van der Waals surface area contributed by atoms with Gasteiger partial charge in [-0.25, -0.2) is 4.98 Å². The van der Waals surface area contributed by atoms with Crippen LogP contribution >= 0.6 is 11.3 Å². The number of aromatic nitrogens is 1. The molecule has 0 fully saturated rings. The minimum atomic E-state index is -0.0238. The number of ketones is 1. The van der Waals surface area contributed by atoms with E-state index in [-0.39, 0.29) is 11.8 Å². The molecule has 0 spiro atoms. The van der Waals surface area contributed by atoms with Crippen LogP contribution in [0.4, 0.5) is 0 Å². The van der Waals surface area contributed by atoms with E-state index in [0.717, 1.165) is 22.0 Å². The van der Waals surface area contributed by atoms with Gasteiger partial charge >= 0.3 is 0 Å². The summed E-state index contributed by atoms with van der Waals surface area (Å²) in [7, 11) is 0. The standard InChI is InChI=1S/C10H16N2OS/c1-4-8(11)5-9(13)10-6(2)12-7(3)14-10/h8H,4-5,11H2,1-3H3. The van der Waals surface area contributed by atoms with Crippen molar-refractivity contribution in [3.63, 3.8) is 0 Å². The van der Waals surface area contributed by atoms with E-state index < -0.39 is 0 Å². The summed E-state index contributed by atoms with van der Waals surface area (Å²) in [5, 5.41) is 0.941. The zero-order valence-electron chi connectivity index (χ0n) is 8.83. The van der Waals surface area contributed by atoms with Crippen molar-refractivity contribution in [3.05, 3.63) is 15.6 Å².